The van der Waals surface area contributed by atoms with Crippen LogP contribution in [-0.2, 0) is 22.4 Å². The fraction of sp³-hybridized carbons (Fsp3) is 0.625. The normalized spacial score (nSPS) is 22.1. The lowest BCUT2D eigenvalue weighted by Crippen LogP contribution is -2.37. The van der Waals surface area contributed by atoms with Crippen molar-refractivity contribution < 1.29 is 14.6 Å². The Morgan fingerprint density at radius 2 is 2.17 bits per heavy atom. The van der Waals surface area contributed by atoms with Crippen LogP contribution in [-0.4, -0.2) is 40.0 Å². The number of aliphatic hydroxyl groups excluding tert-OH is 1. The number of aromatic nitrogens is 3. The molecule has 7 heteroatoms. The molecular weight excluding hydrogens is 298 g/mol. The van der Waals surface area contributed by atoms with Gasteiger partial charge in [-0.2, -0.15) is 5.10 Å². The Morgan fingerprint density at radius 1 is 1.35 bits per heavy atom. The standard InChI is InChI=1S/C16H23N3O4/c1-22-12-8-6-11(7-9-12)10-18-16(21)19-13(15(20)23-2)4-3-5-14(19)17-18/h6,8,13,15,20H,3-5,7,9-10H2,1-2H3. The van der Waals surface area contributed by atoms with Crippen LogP contribution in [0.4, 0.5) is 0 Å². The van der Waals surface area contributed by atoms with Gasteiger partial charge in [-0.05, 0) is 30.9 Å². The summed E-state index contributed by atoms with van der Waals surface area (Å²) in [6.07, 6.45) is 7.02. The highest BCUT2D eigenvalue weighted by Gasteiger charge is 2.30. The first kappa shape index (κ1) is 16.0. The Balaban J connectivity index is 1.86. The van der Waals surface area contributed by atoms with E-state index in [0.29, 0.717) is 6.54 Å². The molecule has 7 nitrogen and oxygen atoms in total. The second-order valence-electron chi connectivity index (χ2n) is 5.97. The number of rotatable bonds is 5. The van der Waals surface area contributed by atoms with E-state index in [1.807, 2.05) is 12.2 Å². The molecule has 23 heavy (non-hydrogen) atoms. The zero-order valence-corrected chi connectivity index (χ0v) is 13.6. The molecule has 2 aliphatic rings. The van der Waals surface area contributed by atoms with Gasteiger partial charge in [-0.1, -0.05) is 6.08 Å². The molecule has 2 atom stereocenters. The van der Waals surface area contributed by atoms with Crippen LogP contribution in [0.2, 0.25) is 0 Å². The van der Waals surface area contributed by atoms with E-state index in [0.717, 1.165) is 49.3 Å². The molecule has 0 aromatic carbocycles. The van der Waals surface area contributed by atoms with Crippen molar-refractivity contribution >= 4 is 0 Å². The van der Waals surface area contributed by atoms with E-state index < -0.39 is 6.29 Å². The van der Waals surface area contributed by atoms with Crippen LogP contribution in [0.1, 0.15) is 37.5 Å². The van der Waals surface area contributed by atoms with Gasteiger partial charge in [-0.3, -0.25) is 4.57 Å². The quantitative estimate of drug-likeness (QED) is 0.823. The number of allylic oxidation sites excluding steroid dienone is 4. The molecule has 0 saturated heterocycles. The van der Waals surface area contributed by atoms with Crippen LogP contribution in [0.3, 0.4) is 0 Å². The van der Waals surface area contributed by atoms with E-state index in [-0.39, 0.29) is 11.7 Å². The van der Waals surface area contributed by atoms with Gasteiger partial charge in [-0.25, -0.2) is 9.48 Å². The molecule has 2 unspecified atom stereocenters. The van der Waals surface area contributed by atoms with Gasteiger partial charge in [-0.15, -0.1) is 0 Å². The Morgan fingerprint density at radius 3 is 2.83 bits per heavy atom. The summed E-state index contributed by atoms with van der Waals surface area (Å²) in [6, 6.07) is -0.356. The largest absolute Gasteiger partial charge is 0.501 e. The number of ether oxygens (including phenoxy) is 2. The summed E-state index contributed by atoms with van der Waals surface area (Å²) in [7, 11) is 3.11. The average Bonchev–Trinajstić information content (AvgIpc) is 2.91. The van der Waals surface area contributed by atoms with Crippen molar-refractivity contribution in [1.29, 1.82) is 0 Å². The summed E-state index contributed by atoms with van der Waals surface area (Å²) in [5.41, 5.74) is 0.968. The number of fused-ring (bicyclic) bond motifs is 1. The molecule has 0 bridgehead atoms. The van der Waals surface area contributed by atoms with Gasteiger partial charge in [0.1, 0.15) is 5.82 Å². The average molecular weight is 321 g/mol. The molecule has 1 aliphatic heterocycles. The maximum absolute atomic E-state index is 12.7. The molecule has 1 aliphatic carbocycles. The van der Waals surface area contributed by atoms with Crippen LogP contribution >= 0.6 is 0 Å². The molecule has 1 N–H and O–H groups in total. The van der Waals surface area contributed by atoms with Crippen molar-refractivity contribution in [3.05, 3.63) is 39.8 Å². The lowest BCUT2D eigenvalue weighted by molar-refractivity contribution is -0.112. The number of methoxy groups -OCH3 is 2. The SMILES string of the molecule is COC1=CC=C(Cn2nc3n(c2=O)C(C(O)OC)CCC3)CC1. The van der Waals surface area contributed by atoms with E-state index in [2.05, 4.69) is 5.10 Å². The van der Waals surface area contributed by atoms with Crippen molar-refractivity contribution in [2.24, 2.45) is 0 Å². The second kappa shape index (κ2) is 6.72. The summed E-state index contributed by atoms with van der Waals surface area (Å²) in [5, 5.41) is 14.4. The minimum atomic E-state index is -0.981. The predicted octanol–water partition coefficient (Wildman–Crippen LogP) is 1.14. The maximum Gasteiger partial charge on any atom is 0.346 e. The number of aliphatic hydroxyl groups is 1. The first-order valence-corrected chi connectivity index (χ1v) is 7.95. The van der Waals surface area contributed by atoms with E-state index in [9.17, 15) is 9.90 Å². The fourth-order valence-electron chi connectivity index (χ4n) is 3.25. The Bertz CT molecular complexity index is 686. The van der Waals surface area contributed by atoms with Gasteiger partial charge >= 0.3 is 5.69 Å². The molecule has 3 rings (SSSR count). The van der Waals surface area contributed by atoms with Crippen LogP contribution in [0, 0.1) is 0 Å². The van der Waals surface area contributed by atoms with Crippen LogP contribution < -0.4 is 5.69 Å². The Hall–Kier alpha value is -1.86. The van der Waals surface area contributed by atoms with Gasteiger partial charge in [0.05, 0.1) is 25.5 Å². The zero-order valence-electron chi connectivity index (χ0n) is 13.6. The summed E-state index contributed by atoms with van der Waals surface area (Å²) >= 11 is 0. The van der Waals surface area contributed by atoms with Gasteiger partial charge < -0.3 is 14.6 Å². The number of aryl methyl sites for hydroxylation is 1. The topological polar surface area (TPSA) is 78.5 Å². The highest BCUT2D eigenvalue weighted by atomic mass is 16.6. The second-order valence-corrected chi connectivity index (χ2v) is 5.97. The molecule has 0 spiro atoms. The smallest absolute Gasteiger partial charge is 0.346 e. The lowest BCUT2D eigenvalue weighted by atomic mass is 10.0. The van der Waals surface area contributed by atoms with Crippen molar-refractivity contribution in [3.8, 4) is 0 Å². The Labute approximate surface area is 134 Å². The highest BCUT2D eigenvalue weighted by Crippen LogP contribution is 2.25. The van der Waals surface area contributed by atoms with Crippen molar-refractivity contribution in [1.82, 2.24) is 14.3 Å². The molecule has 0 fully saturated rings. The molecule has 126 valence electrons. The van der Waals surface area contributed by atoms with Crippen LogP contribution in [0.5, 0.6) is 0 Å². The summed E-state index contributed by atoms with van der Waals surface area (Å²) in [6.45, 7) is 0.474. The van der Waals surface area contributed by atoms with E-state index in [4.69, 9.17) is 9.47 Å². The monoisotopic (exact) mass is 321 g/mol. The molecule has 0 amide bonds. The van der Waals surface area contributed by atoms with Gasteiger partial charge in [0.25, 0.3) is 0 Å². The molecule has 0 radical (unpaired) electrons. The predicted molar refractivity (Wildman–Crippen MR) is 83.9 cm³/mol. The highest BCUT2D eigenvalue weighted by molar-refractivity contribution is 5.21. The minimum absolute atomic E-state index is 0.178. The van der Waals surface area contributed by atoms with E-state index in [1.54, 1.807) is 11.7 Å². The third-order valence-electron chi connectivity index (χ3n) is 4.56. The Kier molecular flexibility index (Phi) is 4.68. The fourth-order valence-corrected chi connectivity index (χ4v) is 3.25. The summed E-state index contributed by atoms with van der Waals surface area (Å²) < 4.78 is 13.3. The van der Waals surface area contributed by atoms with Gasteiger partial charge in [0, 0.05) is 20.0 Å². The summed E-state index contributed by atoms with van der Waals surface area (Å²) in [4.78, 5) is 12.7. The maximum atomic E-state index is 12.7. The molecule has 0 saturated carbocycles. The first-order chi connectivity index (χ1) is 11.1. The number of hydrogen-bond acceptors (Lipinski definition) is 5. The number of hydrogen-bond donors (Lipinski definition) is 1. The molecule has 1 aromatic rings. The number of nitrogens with zero attached hydrogens (tertiary/aromatic N) is 3. The third kappa shape index (κ3) is 3.11. The van der Waals surface area contributed by atoms with Crippen molar-refractivity contribution in [2.45, 2.75) is 51.0 Å². The minimum Gasteiger partial charge on any atom is -0.501 e. The summed E-state index contributed by atoms with van der Waals surface area (Å²) in [5.74, 6) is 1.68. The van der Waals surface area contributed by atoms with Crippen molar-refractivity contribution in [3.63, 3.8) is 0 Å². The first-order valence-electron chi connectivity index (χ1n) is 7.95. The van der Waals surface area contributed by atoms with Crippen molar-refractivity contribution in [2.75, 3.05) is 14.2 Å². The third-order valence-corrected chi connectivity index (χ3v) is 4.56. The van der Waals surface area contributed by atoms with E-state index in [1.165, 1.54) is 11.8 Å². The van der Waals surface area contributed by atoms with E-state index >= 15 is 0 Å². The molecule has 2 heterocycles. The lowest BCUT2D eigenvalue weighted by Gasteiger charge is -2.26. The van der Waals surface area contributed by atoms with Gasteiger partial charge in [0.15, 0.2) is 6.29 Å². The van der Waals surface area contributed by atoms with Crippen LogP contribution in [0.25, 0.3) is 0 Å². The van der Waals surface area contributed by atoms with Crippen LogP contribution in [0.15, 0.2) is 28.3 Å². The molecule has 1 aromatic heterocycles. The zero-order chi connectivity index (χ0) is 16.4. The molecular formula is C16H23N3O4. The van der Waals surface area contributed by atoms with Gasteiger partial charge in [0.2, 0.25) is 0 Å².